The van der Waals surface area contributed by atoms with Gasteiger partial charge in [0.25, 0.3) is 5.91 Å². The van der Waals surface area contributed by atoms with Crippen molar-refractivity contribution in [3.05, 3.63) is 99.1 Å². The number of aryl methyl sites for hydroxylation is 5. The molecule has 0 bridgehead atoms. The van der Waals surface area contributed by atoms with Crippen LogP contribution in [0.2, 0.25) is 0 Å². The molecule has 220 valence electrons. The summed E-state index contributed by atoms with van der Waals surface area (Å²) in [7, 11) is 0. The number of benzene rings is 3. The number of aromatic nitrogens is 4. The number of ether oxygens (including phenoxy) is 1. The summed E-state index contributed by atoms with van der Waals surface area (Å²) in [5.74, 6) is 0.943. The maximum absolute atomic E-state index is 13.9. The van der Waals surface area contributed by atoms with Crippen LogP contribution in [0.4, 0.5) is 5.95 Å². The van der Waals surface area contributed by atoms with Gasteiger partial charge in [-0.15, -0.1) is 0 Å². The summed E-state index contributed by atoms with van der Waals surface area (Å²) in [4.78, 5) is 26.5. The zero-order valence-electron chi connectivity index (χ0n) is 25.2. The van der Waals surface area contributed by atoms with E-state index >= 15 is 0 Å². The van der Waals surface area contributed by atoms with Crippen LogP contribution in [0.1, 0.15) is 82.0 Å². The molecular weight excluding hydrogens is 528 g/mol. The number of hydrogen-bond donors (Lipinski definition) is 3. The first-order valence-corrected chi connectivity index (χ1v) is 14.3. The van der Waals surface area contributed by atoms with E-state index in [1.807, 2.05) is 44.2 Å². The van der Waals surface area contributed by atoms with Crippen molar-refractivity contribution in [2.75, 3.05) is 5.32 Å². The first kappa shape index (κ1) is 30.4. The van der Waals surface area contributed by atoms with E-state index in [0.29, 0.717) is 24.5 Å². The van der Waals surface area contributed by atoms with Gasteiger partial charge < -0.3 is 10.1 Å². The van der Waals surface area contributed by atoms with E-state index in [-0.39, 0.29) is 30.2 Å². The number of aromatic amines is 1. The Kier molecular flexibility index (Phi) is 10.1. The van der Waals surface area contributed by atoms with Crippen molar-refractivity contribution in [3.8, 4) is 5.75 Å². The van der Waals surface area contributed by atoms with Gasteiger partial charge in [-0.1, -0.05) is 72.5 Å². The summed E-state index contributed by atoms with van der Waals surface area (Å²) >= 11 is 0. The number of rotatable bonds is 12. The molecule has 1 aromatic heterocycles. The van der Waals surface area contributed by atoms with Gasteiger partial charge in [0.15, 0.2) is 0 Å². The molecule has 0 radical (unpaired) electrons. The molecule has 42 heavy (non-hydrogen) atoms. The van der Waals surface area contributed by atoms with Crippen LogP contribution in [-0.2, 0) is 17.8 Å². The summed E-state index contributed by atoms with van der Waals surface area (Å²) in [5.41, 5.74) is 7.75. The molecule has 0 aliphatic heterocycles. The van der Waals surface area contributed by atoms with Crippen molar-refractivity contribution < 1.29 is 14.3 Å². The number of carbonyl (C=O) groups is 2. The molecule has 3 aromatic carbocycles. The Bertz CT molecular complexity index is 1510. The molecule has 0 saturated heterocycles. The minimum Gasteiger partial charge on any atom is -0.489 e. The number of amides is 2. The average molecular weight is 569 g/mol. The molecule has 9 heteroatoms. The first-order valence-electron chi connectivity index (χ1n) is 14.3. The molecule has 4 rings (SSSR count). The maximum Gasteiger partial charge on any atom is 0.252 e. The smallest absolute Gasteiger partial charge is 0.252 e. The highest BCUT2D eigenvalue weighted by atomic mass is 16.5. The highest BCUT2D eigenvalue weighted by Crippen LogP contribution is 2.26. The SMILES string of the molecule is Cc1cc(C)cc(C(CC(C)C)NC(=O)c2cc(COc3cc(C)ccc3C)ccc2CCC(=O)Nc2nnn[nH]2)c1. The second-order valence-electron chi connectivity index (χ2n) is 11.4. The van der Waals surface area contributed by atoms with Crippen LogP contribution in [0, 0.1) is 33.6 Å². The van der Waals surface area contributed by atoms with Crippen LogP contribution in [0.15, 0.2) is 54.6 Å². The Balaban J connectivity index is 1.59. The van der Waals surface area contributed by atoms with Crippen molar-refractivity contribution in [2.45, 2.75) is 73.5 Å². The van der Waals surface area contributed by atoms with Gasteiger partial charge in [-0.2, -0.15) is 0 Å². The van der Waals surface area contributed by atoms with E-state index in [2.05, 4.69) is 83.2 Å². The predicted molar refractivity (Wildman–Crippen MR) is 163 cm³/mol. The second-order valence-corrected chi connectivity index (χ2v) is 11.4. The minimum absolute atomic E-state index is 0.152. The third kappa shape index (κ3) is 8.49. The Morgan fingerprint density at radius 3 is 2.38 bits per heavy atom. The molecule has 1 heterocycles. The molecule has 2 amide bonds. The van der Waals surface area contributed by atoms with E-state index in [1.165, 1.54) is 0 Å². The normalized spacial score (nSPS) is 11.8. The molecule has 0 fully saturated rings. The van der Waals surface area contributed by atoms with Crippen LogP contribution in [0.5, 0.6) is 5.75 Å². The van der Waals surface area contributed by atoms with Gasteiger partial charge in [0, 0.05) is 12.0 Å². The molecule has 0 aliphatic carbocycles. The van der Waals surface area contributed by atoms with Crippen molar-refractivity contribution in [1.82, 2.24) is 25.9 Å². The summed E-state index contributed by atoms with van der Waals surface area (Å²) in [6.07, 6.45) is 1.32. The lowest BCUT2D eigenvalue weighted by Gasteiger charge is -2.23. The average Bonchev–Trinajstić information content (AvgIpc) is 3.44. The van der Waals surface area contributed by atoms with Crippen molar-refractivity contribution in [1.29, 1.82) is 0 Å². The summed E-state index contributed by atoms with van der Waals surface area (Å²) in [5, 5.41) is 19.1. The third-order valence-corrected chi connectivity index (χ3v) is 7.04. The molecule has 3 N–H and O–H groups in total. The van der Waals surface area contributed by atoms with Crippen LogP contribution >= 0.6 is 0 Å². The fourth-order valence-corrected chi connectivity index (χ4v) is 5.02. The number of tetrazole rings is 1. The van der Waals surface area contributed by atoms with Crippen molar-refractivity contribution >= 4 is 17.8 Å². The van der Waals surface area contributed by atoms with E-state index < -0.39 is 0 Å². The van der Waals surface area contributed by atoms with E-state index in [9.17, 15) is 9.59 Å². The lowest BCUT2D eigenvalue weighted by Crippen LogP contribution is -2.30. The highest BCUT2D eigenvalue weighted by Gasteiger charge is 2.21. The molecule has 0 spiro atoms. The molecule has 0 aliphatic rings. The Labute approximate surface area is 247 Å². The zero-order valence-corrected chi connectivity index (χ0v) is 25.2. The van der Waals surface area contributed by atoms with E-state index in [0.717, 1.165) is 51.1 Å². The molecule has 0 saturated carbocycles. The van der Waals surface area contributed by atoms with Gasteiger partial charge in [0.1, 0.15) is 12.4 Å². The number of nitrogens with zero attached hydrogens (tertiary/aromatic N) is 3. The van der Waals surface area contributed by atoms with Crippen LogP contribution in [-0.4, -0.2) is 32.4 Å². The fraction of sp³-hybridized carbons (Fsp3) is 0.364. The lowest BCUT2D eigenvalue weighted by atomic mass is 9.93. The van der Waals surface area contributed by atoms with Gasteiger partial charge in [-0.3, -0.25) is 14.9 Å². The topological polar surface area (TPSA) is 122 Å². The summed E-state index contributed by atoms with van der Waals surface area (Å²) in [6, 6.07) is 18.1. The van der Waals surface area contributed by atoms with Gasteiger partial charge in [-0.25, -0.2) is 5.10 Å². The monoisotopic (exact) mass is 568 g/mol. The number of H-pyrrole nitrogens is 1. The van der Waals surface area contributed by atoms with Crippen LogP contribution in [0.25, 0.3) is 0 Å². The number of nitrogens with one attached hydrogen (secondary N) is 3. The number of anilines is 1. The van der Waals surface area contributed by atoms with Gasteiger partial charge in [0.05, 0.1) is 6.04 Å². The first-order chi connectivity index (χ1) is 20.1. The Hall–Kier alpha value is -4.53. The van der Waals surface area contributed by atoms with E-state index in [1.54, 1.807) is 0 Å². The van der Waals surface area contributed by atoms with Crippen LogP contribution < -0.4 is 15.4 Å². The van der Waals surface area contributed by atoms with Crippen molar-refractivity contribution in [2.24, 2.45) is 5.92 Å². The Morgan fingerprint density at radius 1 is 0.929 bits per heavy atom. The third-order valence-electron chi connectivity index (χ3n) is 7.04. The molecule has 4 aromatic rings. The van der Waals surface area contributed by atoms with Crippen LogP contribution in [0.3, 0.4) is 0 Å². The minimum atomic E-state index is -0.254. The van der Waals surface area contributed by atoms with Gasteiger partial charge >= 0.3 is 0 Å². The van der Waals surface area contributed by atoms with E-state index in [4.69, 9.17) is 4.74 Å². The predicted octanol–water partition coefficient (Wildman–Crippen LogP) is 6.10. The Morgan fingerprint density at radius 2 is 1.69 bits per heavy atom. The standard InChI is InChI=1S/C33H40N6O3/c1-20(2)13-29(27-15-22(4)14-23(5)16-27)34-32(41)28-18-25(19-42-30-17-21(3)7-8-24(30)6)9-10-26(28)11-12-31(40)35-33-36-38-39-37-33/h7-10,14-18,20,29H,11-13,19H2,1-6H3,(H,34,41)(H2,35,36,37,38,39,40). The summed E-state index contributed by atoms with van der Waals surface area (Å²) < 4.78 is 6.15. The number of hydrogen-bond acceptors (Lipinski definition) is 6. The van der Waals surface area contributed by atoms with Gasteiger partial charge in [-0.05, 0) is 96.8 Å². The molecule has 1 unspecified atom stereocenters. The van der Waals surface area contributed by atoms with Gasteiger partial charge in [0.2, 0.25) is 11.9 Å². The van der Waals surface area contributed by atoms with Crippen molar-refractivity contribution in [3.63, 3.8) is 0 Å². The maximum atomic E-state index is 13.9. The molecular formula is C33H40N6O3. The lowest BCUT2D eigenvalue weighted by molar-refractivity contribution is -0.116. The fourth-order valence-electron chi connectivity index (χ4n) is 5.02. The second kappa shape index (κ2) is 13.9. The molecule has 9 nitrogen and oxygen atoms in total. The molecule has 1 atom stereocenters. The quantitative estimate of drug-likeness (QED) is 0.190. The zero-order chi connectivity index (χ0) is 30.2. The number of carbonyl (C=O) groups excluding carboxylic acids is 2. The highest BCUT2D eigenvalue weighted by molar-refractivity contribution is 5.96. The largest absolute Gasteiger partial charge is 0.489 e. The summed E-state index contributed by atoms with van der Waals surface area (Å²) in [6.45, 7) is 12.8.